The summed E-state index contributed by atoms with van der Waals surface area (Å²) >= 11 is 0. The maximum absolute atomic E-state index is 13.0. The molecule has 9 heteroatoms. The smallest absolute Gasteiger partial charge is 0.368 e. The molecule has 5 nitrogen and oxygen atoms in total. The fourth-order valence-electron chi connectivity index (χ4n) is 2.36. The van der Waals surface area contributed by atoms with Crippen molar-refractivity contribution in [2.45, 2.75) is 23.5 Å². The molecule has 0 aliphatic heterocycles. The number of benzene rings is 2. The highest BCUT2D eigenvalue weighted by atomic mass is 32.2. The van der Waals surface area contributed by atoms with E-state index < -0.39 is 46.0 Å². The summed E-state index contributed by atoms with van der Waals surface area (Å²) in [4.78, 5) is 24.4. The Morgan fingerprint density at radius 1 is 1.04 bits per heavy atom. The fourth-order valence-corrected chi connectivity index (χ4v) is 3.51. The molecule has 0 aliphatic carbocycles. The van der Waals surface area contributed by atoms with Crippen molar-refractivity contribution in [1.29, 1.82) is 0 Å². The number of rotatable bonds is 7. The minimum Gasteiger partial charge on any atom is -0.368 e. The van der Waals surface area contributed by atoms with Crippen LogP contribution in [0.25, 0.3) is 0 Å². The van der Waals surface area contributed by atoms with Crippen LogP contribution in [-0.4, -0.2) is 27.8 Å². The van der Waals surface area contributed by atoms with E-state index in [1.165, 1.54) is 6.07 Å². The van der Waals surface area contributed by atoms with Crippen molar-refractivity contribution in [1.82, 2.24) is 5.32 Å². The van der Waals surface area contributed by atoms with E-state index in [1.807, 2.05) is 0 Å². The second-order valence-electron chi connectivity index (χ2n) is 5.62. The fraction of sp³-hybridized carbons (Fsp3) is 0.222. The van der Waals surface area contributed by atoms with Gasteiger partial charge < -0.3 is 11.1 Å². The predicted octanol–water partition coefficient (Wildman–Crippen LogP) is 2.49. The van der Waals surface area contributed by atoms with E-state index in [-0.39, 0.29) is 12.2 Å². The van der Waals surface area contributed by atoms with E-state index in [0.717, 1.165) is 18.2 Å². The van der Waals surface area contributed by atoms with Crippen LogP contribution in [0.2, 0.25) is 0 Å². The van der Waals surface area contributed by atoms with E-state index in [1.54, 1.807) is 30.3 Å². The molecule has 27 heavy (non-hydrogen) atoms. The maximum atomic E-state index is 13.0. The summed E-state index contributed by atoms with van der Waals surface area (Å²) in [5.74, 6) is -1.98. The molecular formula is C18H17F3N2O3S. The third-order valence-electron chi connectivity index (χ3n) is 3.72. The lowest BCUT2D eigenvalue weighted by molar-refractivity contribution is -0.137. The number of hydrogen-bond acceptors (Lipinski definition) is 3. The van der Waals surface area contributed by atoms with Gasteiger partial charge in [0.2, 0.25) is 5.91 Å². The minimum atomic E-state index is -4.72. The normalized spacial score (nSPS) is 13.6. The first kappa shape index (κ1) is 20.6. The minimum absolute atomic E-state index is 0.0127. The summed E-state index contributed by atoms with van der Waals surface area (Å²) in [6, 6.07) is 11.4. The SMILES string of the molecule is NC(=O)[C@H](CC[S@@](=O)c1ccccc1)NC(=O)c1ccccc1C(F)(F)F. The second kappa shape index (κ2) is 8.81. The van der Waals surface area contributed by atoms with Crippen molar-refractivity contribution in [3.63, 3.8) is 0 Å². The highest BCUT2D eigenvalue weighted by Gasteiger charge is 2.35. The molecule has 0 radical (unpaired) electrons. The van der Waals surface area contributed by atoms with Crippen molar-refractivity contribution < 1.29 is 27.0 Å². The third-order valence-corrected chi connectivity index (χ3v) is 5.13. The molecule has 0 unspecified atom stereocenters. The highest BCUT2D eigenvalue weighted by molar-refractivity contribution is 7.85. The average molecular weight is 398 g/mol. The van der Waals surface area contributed by atoms with Gasteiger partial charge in [0.15, 0.2) is 0 Å². The lowest BCUT2D eigenvalue weighted by Gasteiger charge is -2.17. The topological polar surface area (TPSA) is 89.3 Å². The van der Waals surface area contributed by atoms with Gasteiger partial charge in [0.1, 0.15) is 6.04 Å². The number of carbonyl (C=O) groups excluding carboxylic acids is 2. The largest absolute Gasteiger partial charge is 0.417 e. The Balaban J connectivity index is 2.10. The number of alkyl halides is 3. The van der Waals surface area contributed by atoms with Crippen LogP contribution < -0.4 is 11.1 Å². The van der Waals surface area contributed by atoms with Crippen LogP contribution in [0.1, 0.15) is 22.3 Å². The summed E-state index contributed by atoms with van der Waals surface area (Å²) < 4.78 is 51.3. The molecular weight excluding hydrogens is 381 g/mol. The van der Waals surface area contributed by atoms with Gasteiger partial charge in [-0.15, -0.1) is 0 Å². The highest BCUT2D eigenvalue weighted by Crippen LogP contribution is 2.31. The van der Waals surface area contributed by atoms with Gasteiger partial charge in [-0.25, -0.2) is 0 Å². The van der Waals surface area contributed by atoms with E-state index in [0.29, 0.717) is 4.90 Å². The lowest BCUT2D eigenvalue weighted by Crippen LogP contribution is -2.45. The maximum Gasteiger partial charge on any atom is 0.417 e. The van der Waals surface area contributed by atoms with Crippen molar-refractivity contribution in [3.05, 3.63) is 65.7 Å². The number of amides is 2. The Morgan fingerprint density at radius 2 is 1.63 bits per heavy atom. The molecule has 0 aliphatic rings. The van der Waals surface area contributed by atoms with E-state index in [2.05, 4.69) is 5.32 Å². The summed E-state index contributed by atoms with van der Waals surface area (Å²) in [6.45, 7) is 0. The summed E-state index contributed by atoms with van der Waals surface area (Å²) in [6.07, 6.45) is -4.79. The first-order chi connectivity index (χ1) is 12.7. The molecule has 0 bridgehead atoms. The zero-order valence-electron chi connectivity index (χ0n) is 14.0. The molecule has 0 saturated heterocycles. The molecule has 2 amide bonds. The third kappa shape index (κ3) is 5.65. The summed E-state index contributed by atoms with van der Waals surface area (Å²) in [7, 11) is -1.44. The number of nitrogens with one attached hydrogen (secondary N) is 1. The van der Waals surface area contributed by atoms with Crippen LogP contribution in [0, 0.1) is 0 Å². The van der Waals surface area contributed by atoms with Gasteiger partial charge in [0.25, 0.3) is 5.91 Å². The van der Waals surface area contributed by atoms with Crippen LogP contribution in [-0.2, 0) is 21.8 Å². The van der Waals surface area contributed by atoms with Crippen LogP contribution in [0.3, 0.4) is 0 Å². The molecule has 0 aromatic heterocycles. The quantitative estimate of drug-likeness (QED) is 0.751. The summed E-state index contributed by atoms with van der Waals surface area (Å²) in [5, 5.41) is 2.20. The van der Waals surface area contributed by atoms with Crippen LogP contribution >= 0.6 is 0 Å². The van der Waals surface area contributed by atoms with E-state index in [9.17, 15) is 27.0 Å². The molecule has 144 valence electrons. The van der Waals surface area contributed by atoms with Gasteiger partial charge in [-0.3, -0.25) is 13.8 Å². The molecule has 2 aromatic rings. The molecule has 0 fully saturated rings. The van der Waals surface area contributed by atoms with Crippen LogP contribution in [0.15, 0.2) is 59.5 Å². The monoisotopic (exact) mass is 398 g/mol. The van der Waals surface area contributed by atoms with Crippen LogP contribution in [0.4, 0.5) is 13.2 Å². The van der Waals surface area contributed by atoms with E-state index in [4.69, 9.17) is 5.73 Å². The number of halogens is 3. The Bertz CT molecular complexity index is 841. The molecule has 2 atom stereocenters. The molecule has 0 spiro atoms. The molecule has 2 rings (SSSR count). The molecule has 2 aromatic carbocycles. The zero-order chi connectivity index (χ0) is 20.0. The summed E-state index contributed by atoms with van der Waals surface area (Å²) in [5.41, 5.74) is 3.51. The number of carbonyl (C=O) groups is 2. The molecule has 3 N–H and O–H groups in total. The Kier molecular flexibility index (Phi) is 6.73. The Hall–Kier alpha value is -2.68. The Labute approximate surface area is 156 Å². The zero-order valence-corrected chi connectivity index (χ0v) is 14.8. The van der Waals surface area contributed by atoms with Crippen molar-refractivity contribution in [3.8, 4) is 0 Å². The number of primary amides is 1. The van der Waals surface area contributed by atoms with Crippen molar-refractivity contribution in [2.24, 2.45) is 5.73 Å². The van der Waals surface area contributed by atoms with Gasteiger partial charge in [-0.05, 0) is 30.7 Å². The van der Waals surface area contributed by atoms with Crippen molar-refractivity contribution >= 4 is 22.6 Å². The van der Waals surface area contributed by atoms with Gasteiger partial charge in [0.05, 0.1) is 21.9 Å². The molecule has 0 saturated carbocycles. The lowest BCUT2D eigenvalue weighted by atomic mass is 10.1. The van der Waals surface area contributed by atoms with Gasteiger partial charge in [-0.2, -0.15) is 13.2 Å². The van der Waals surface area contributed by atoms with Crippen molar-refractivity contribution in [2.75, 3.05) is 5.75 Å². The van der Waals surface area contributed by atoms with Gasteiger partial charge >= 0.3 is 6.18 Å². The standard InChI is InChI=1S/C18H17F3N2O3S/c19-18(20,21)14-9-5-4-8-13(14)17(25)23-15(16(22)24)10-11-27(26)12-6-2-1-3-7-12/h1-9,15H,10-11H2,(H2,22,24)(H,23,25)/t15-,27+/m0/s1. The molecule has 0 heterocycles. The second-order valence-corrected chi connectivity index (χ2v) is 7.19. The van der Waals surface area contributed by atoms with E-state index >= 15 is 0 Å². The first-order valence-electron chi connectivity index (χ1n) is 7.90. The first-order valence-corrected chi connectivity index (χ1v) is 9.22. The van der Waals surface area contributed by atoms with Crippen LogP contribution in [0.5, 0.6) is 0 Å². The van der Waals surface area contributed by atoms with Gasteiger partial charge in [-0.1, -0.05) is 30.3 Å². The van der Waals surface area contributed by atoms with Gasteiger partial charge in [0, 0.05) is 10.6 Å². The Morgan fingerprint density at radius 3 is 2.22 bits per heavy atom. The average Bonchev–Trinajstić information content (AvgIpc) is 2.64. The number of hydrogen-bond donors (Lipinski definition) is 2. The predicted molar refractivity (Wildman–Crippen MR) is 94.2 cm³/mol. The number of nitrogens with two attached hydrogens (primary N) is 1.